The summed E-state index contributed by atoms with van der Waals surface area (Å²) in [6, 6.07) is 0. The Morgan fingerprint density at radius 1 is 1.38 bits per heavy atom. The van der Waals surface area contributed by atoms with Gasteiger partial charge in [-0.2, -0.15) is 5.06 Å². The van der Waals surface area contributed by atoms with Crippen LogP contribution in [0.3, 0.4) is 0 Å². The maximum Gasteiger partial charge on any atom is 0.0386 e. The summed E-state index contributed by atoms with van der Waals surface area (Å²) in [6.07, 6.45) is 0. The van der Waals surface area contributed by atoms with Gasteiger partial charge in [-0.25, -0.2) is 0 Å². The molecule has 1 aliphatic heterocycles. The quantitative estimate of drug-likeness (QED) is 0.484. The maximum atomic E-state index is 10.6. The Kier molecular flexibility index (Phi) is 1.99. The van der Waals surface area contributed by atoms with Crippen LogP contribution in [0.15, 0.2) is 0 Å². The van der Waals surface area contributed by atoms with Gasteiger partial charge < -0.3 is 5.21 Å². The number of hydrogen-bond donors (Lipinski definition) is 1. The molecule has 1 fully saturated rings. The standard InChI is InChI=1S/C4H9NO2S/c6-5-1-3-8(7)4-2-5/h6H,1-4H2. The molecule has 1 aliphatic rings. The fourth-order valence-electron chi connectivity index (χ4n) is 0.628. The van der Waals surface area contributed by atoms with Crippen LogP contribution in [0, 0.1) is 0 Å². The molecule has 0 aromatic heterocycles. The lowest BCUT2D eigenvalue weighted by molar-refractivity contribution is -0.0821. The molecular formula is C4H9NO2S. The minimum atomic E-state index is -0.663. The molecule has 48 valence electrons. The molecule has 0 saturated carbocycles. The summed E-state index contributed by atoms with van der Waals surface area (Å²) in [5.74, 6) is 1.24. The van der Waals surface area contributed by atoms with Crippen molar-refractivity contribution in [1.82, 2.24) is 5.06 Å². The predicted molar refractivity (Wildman–Crippen MR) is 31.2 cm³/mol. The SMILES string of the molecule is O=S1CCN(O)CC1. The normalized spacial score (nSPS) is 26.1. The lowest BCUT2D eigenvalue weighted by atomic mass is 10.6. The predicted octanol–water partition coefficient (Wildman–Crippen LogP) is -0.560. The molecule has 0 spiro atoms. The van der Waals surface area contributed by atoms with Gasteiger partial charge in [0.1, 0.15) is 0 Å². The number of hydrogen-bond acceptors (Lipinski definition) is 3. The first-order chi connectivity index (χ1) is 3.79. The van der Waals surface area contributed by atoms with Gasteiger partial charge in [-0.05, 0) is 0 Å². The molecule has 0 aromatic carbocycles. The molecule has 8 heavy (non-hydrogen) atoms. The van der Waals surface area contributed by atoms with Crippen molar-refractivity contribution in [1.29, 1.82) is 0 Å². The van der Waals surface area contributed by atoms with Crippen molar-refractivity contribution in [3.05, 3.63) is 0 Å². The zero-order valence-electron chi connectivity index (χ0n) is 4.54. The molecule has 0 radical (unpaired) electrons. The minimum Gasteiger partial charge on any atom is -0.314 e. The van der Waals surface area contributed by atoms with Gasteiger partial charge in [-0.1, -0.05) is 0 Å². The van der Waals surface area contributed by atoms with Gasteiger partial charge in [-0.3, -0.25) is 4.21 Å². The summed E-state index contributed by atoms with van der Waals surface area (Å²) in [7, 11) is -0.663. The van der Waals surface area contributed by atoms with E-state index in [1.165, 1.54) is 5.06 Å². The van der Waals surface area contributed by atoms with Crippen LogP contribution in [-0.2, 0) is 10.8 Å². The molecule has 0 amide bonds. The summed E-state index contributed by atoms with van der Waals surface area (Å²) >= 11 is 0. The van der Waals surface area contributed by atoms with E-state index in [0.29, 0.717) is 24.6 Å². The molecule has 1 rings (SSSR count). The van der Waals surface area contributed by atoms with Crippen LogP contribution >= 0.6 is 0 Å². The lowest BCUT2D eigenvalue weighted by Gasteiger charge is -2.18. The Bertz CT molecular complexity index is 96.2. The maximum absolute atomic E-state index is 10.6. The fourth-order valence-corrected chi connectivity index (χ4v) is 1.66. The van der Waals surface area contributed by atoms with E-state index in [4.69, 9.17) is 5.21 Å². The Morgan fingerprint density at radius 2 is 1.88 bits per heavy atom. The van der Waals surface area contributed by atoms with Crippen molar-refractivity contribution in [2.24, 2.45) is 0 Å². The van der Waals surface area contributed by atoms with Crippen LogP contribution in [0.25, 0.3) is 0 Å². The van der Waals surface area contributed by atoms with Gasteiger partial charge in [-0.15, -0.1) is 0 Å². The van der Waals surface area contributed by atoms with Crippen molar-refractivity contribution in [3.8, 4) is 0 Å². The first-order valence-corrected chi connectivity index (χ1v) is 4.06. The third-order valence-corrected chi connectivity index (χ3v) is 2.43. The Balaban J connectivity index is 2.29. The molecule has 3 nitrogen and oxygen atoms in total. The van der Waals surface area contributed by atoms with Gasteiger partial charge in [0.25, 0.3) is 0 Å². The molecular weight excluding hydrogens is 126 g/mol. The van der Waals surface area contributed by atoms with Gasteiger partial charge in [0.05, 0.1) is 0 Å². The van der Waals surface area contributed by atoms with Crippen LogP contribution in [0.5, 0.6) is 0 Å². The summed E-state index contributed by atoms with van der Waals surface area (Å²) < 4.78 is 10.6. The fraction of sp³-hybridized carbons (Fsp3) is 1.00. The second-order valence-corrected chi connectivity index (χ2v) is 3.50. The Morgan fingerprint density at radius 3 is 2.25 bits per heavy atom. The van der Waals surface area contributed by atoms with E-state index in [-0.39, 0.29) is 0 Å². The molecule has 1 saturated heterocycles. The number of hydroxylamine groups is 2. The third kappa shape index (κ3) is 1.54. The highest BCUT2D eigenvalue weighted by molar-refractivity contribution is 7.85. The van der Waals surface area contributed by atoms with Crippen LogP contribution in [0.1, 0.15) is 0 Å². The molecule has 0 unspecified atom stereocenters. The zero-order chi connectivity index (χ0) is 5.98. The highest BCUT2D eigenvalue weighted by atomic mass is 32.2. The second kappa shape index (κ2) is 2.57. The third-order valence-electron chi connectivity index (χ3n) is 1.15. The van der Waals surface area contributed by atoms with Crippen LogP contribution < -0.4 is 0 Å². The van der Waals surface area contributed by atoms with Crippen molar-refractivity contribution in [2.75, 3.05) is 24.6 Å². The summed E-state index contributed by atoms with van der Waals surface area (Å²) in [5, 5.41) is 9.94. The summed E-state index contributed by atoms with van der Waals surface area (Å²) in [4.78, 5) is 0. The largest absolute Gasteiger partial charge is 0.314 e. The van der Waals surface area contributed by atoms with Gasteiger partial charge in [0, 0.05) is 35.4 Å². The highest BCUT2D eigenvalue weighted by Crippen LogP contribution is 1.94. The summed E-state index contributed by atoms with van der Waals surface area (Å²) in [5.41, 5.74) is 0. The molecule has 0 atom stereocenters. The van der Waals surface area contributed by atoms with E-state index in [9.17, 15) is 4.21 Å². The van der Waals surface area contributed by atoms with Gasteiger partial charge >= 0.3 is 0 Å². The minimum absolute atomic E-state index is 0.562. The van der Waals surface area contributed by atoms with Crippen LogP contribution in [0.4, 0.5) is 0 Å². The van der Waals surface area contributed by atoms with Crippen molar-refractivity contribution in [2.45, 2.75) is 0 Å². The number of rotatable bonds is 0. The van der Waals surface area contributed by atoms with Gasteiger partial charge in [0.15, 0.2) is 0 Å². The average Bonchev–Trinajstić information content (AvgIpc) is 1.77. The average molecular weight is 135 g/mol. The monoisotopic (exact) mass is 135 g/mol. The van der Waals surface area contributed by atoms with Crippen molar-refractivity contribution >= 4 is 10.8 Å². The molecule has 1 N–H and O–H groups in total. The number of nitrogens with zero attached hydrogens (tertiary/aromatic N) is 1. The lowest BCUT2D eigenvalue weighted by Crippen LogP contribution is -2.34. The van der Waals surface area contributed by atoms with E-state index in [1.54, 1.807) is 0 Å². The topological polar surface area (TPSA) is 40.5 Å². The first kappa shape index (κ1) is 6.19. The van der Waals surface area contributed by atoms with E-state index >= 15 is 0 Å². The molecule has 0 aromatic rings. The van der Waals surface area contributed by atoms with Crippen LogP contribution in [0.2, 0.25) is 0 Å². The smallest absolute Gasteiger partial charge is 0.0386 e. The molecule has 4 heteroatoms. The van der Waals surface area contributed by atoms with E-state index < -0.39 is 10.8 Å². The Hall–Kier alpha value is 0.0700. The van der Waals surface area contributed by atoms with Crippen molar-refractivity contribution in [3.63, 3.8) is 0 Å². The summed E-state index contributed by atoms with van der Waals surface area (Å²) in [6.45, 7) is 1.12. The van der Waals surface area contributed by atoms with Crippen LogP contribution in [-0.4, -0.2) is 39.1 Å². The zero-order valence-corrected chi connectivity index (χ0v) is 5.36. The Labute approximate surface area is 50.7 Å². The van der Waals surface area contributed by atoms with E-state index in [1.807, 2.05) is 0 Å². The van der Waals surface area contributed by atoms with E-state index in [2.05, 4.69) is 0 Å². The van der Waals surface area contributed by atoms with Crippen molar-refractivity contribution < 1.29 is 9.42 Å². The highest BCUT2D eigenvalue weighted by Gasteiger charge is 2.11. The second-order valence-electron chi connectivity index (χ2n) is 1.80. The molecule has 0 aliphatic carbocycles. The molecule has 1 heterocycles. The molecule has 0 bridgehead atoms. The first-order valence-electron chi connectivity index (χ1n) is 2.58. The van der Waals surface area contributed by atoms with Gasteiger partial charge in [0.2, 0.25) is 0 Å². The van der Waals surface area contributed by atoms with E-state index in [0.717, 1.165) is 0 Å².